The van der Waals surface area contributed by atoms with Crippen molar-refractivity contribution in [1.29, 1.82) is 0 Å². The first-order chi connectivity index (χ1) is 7.16. The lowest BCUT2D eigenvalue weighted by atomic mass is 10.2. The van der Waals surface area contributed by atoms with Gasteiger partial charge in [-0.25, -0.2) is 0 Å². The highest BCUT2D eigenvalue weighted by Gasteiger charge is 2.06. The molecular weight excluding hydrogens is 224 g/mol. The van der Waals surface area contributed by atoms with Crippen molar-refractivity contribution in [3.8, 4) is 5.75 Å². The molecule has 0 saturated carbocycles. The molecule has 0 spiro atoms. The highest BCUT2D eigenvalue weighted by atomic mass is 35.5. The molecule has 2 rings (SSSR count). The second-order valence-electron chi connectivity index (χ2n) is 2.85. The lowest BCUT2D eigenvalue weighted by Crippen LogP contribution is -2.01. The van der Waals surface area contributed by atoms with Crippen molar-refractivity contribution in [2.45, 2.75) is 6.61 Å². The van der Waals surface area contributed by atoms with Gasteiger partial charge < -0.3 is 4.74 Å². The standard InChI is InChI=1S/C10H6ClF2NO/c11-8-3-4-14-9-2-1-6(5-7(8)9)15-10(12)13/h1-5,10H. The van der Waals surface area contributed by atoms with Gasteiger partial charge in [-0.05, 0) is 24.3 Å². The van der Waals surface area contributed by atoms with Gasteiger partial charge in [0.2, 0.25) is 0 Å². The number of alkyl halides is 2. The molecule has 2 aromatic rings. The van der Waals surface area contributed by atoms with Gasteiger partial charge in [0, 0.05) is 11.6 Å². The van der Waals surface area contributed by atoms with Gasteiger partial charge in [0.1, 0.15) is 5.75 Å². The third-order valence-electron chi connectivity index (χ3n) is 1.88. The smallest absolute Gasteiger partial charge is 0.387 e. The maximum absolute atomic E-state index is 12.0. The van der Waals surface area contributed by atoms with Crippen molar-refractivity contribution in [2.75, 3.05) is 0 Å². The van der Waals surface area contributed by atoms with Gasteiger partial charge >= 0.3 is 6.61 Å². The normalized spacial score (nSPS) is 10.9. The van der Waals surface area contributed by atoms with Crippen molar-refractivity contribution in [1.82, 2.24) is 4.98 Å². The minimum atomic E-state index is -2.84. The molecule has 1 aromatic carbocycles. The molecule has 15 heavy (non-hydrogen) atoms. The lowest BCUT2D eigenvalue weighted by molar-refractivity contribution is -0.0497. The number of fused-ring (bicyclic) bond motifs is 1. The van der Waals surface area contributed by atoms with E-state index in [1.807, 2.05) is 0 Å². The molecule has 0 aliphatic carbocycles. The largest absolute Gasteiger partial charge is 0.435 e. The first-order valence-electron chi connectivity index (χ1n) is 4.16. The molecule has 0 aliphatic heterocycles. The Balaban J connectivity index is 2.50. The summed E-state index contributed by atoms with van der Waals surface area (Å²) in [7, 11) is 0. The van der Waals surface area contributed by atoms with E-state index in [-0.39, 0.29) is 5.75 Å². The van der Waals surface area contributed by atoms with Gasteiger partial charge in [0.15, 0.2) is 0 Å². The molecule has 0 N–H and O–H groups in total. The van der Waals surface area contributed by atoms with Crippen LogP contribution in [0.15, 0.2) is 30.5 Å². The van der Waals surface area contributed by atoms with E-state index in [2.05, 4.69) is 9.72 Å². The van der Waals surface area contributed by atoms with Crippen LogP contribution in [-0.4, -0.2) is 11.6 Å². The zero-order valence-corrected chi connectivity index (χ0v) is 8.21. The molecule has 0 radical (unpaired) electrons. The molecule has 5 heteroatoms. The van der Waals surface area contributed by atoms with Gasteiger partial charge in [0.05, 0.1) is 10.5 Å². The van der Waals surface area contributed by atoms with Crippen molar-refractivity contribution < 1.29 is 13.5 Å². The number of benzene rings is 1. The number of ether oxygens (including phenoxy) is 1. The van der Waals surface area contributed by atoms with Crippen molar-refractivity contribution in [3.05, 3.63) is 35.5 Å². The monoisotopic (exact) mass is 229 g/mol. The third-order valence-corrected chi connectivity index (χ3v) is 2.21. The molecule has 78 valence electrons. The van der Waals surface area contributed by atoms with Gasteiger partial charge in [-0.2, -0.15) is 8.78 Å². The molecular formula is C10H6ClF2NO. The van der Waals surface area contributed by atoms with E-state index >= 15 is 0 Å². The highest BCUT2D eigenvalue weighted by molar-refractivity contribution is 6.35. The summed E-state index contributed by atoms with van der Waals surface area (Å²) in [6.07, 6.45) is 1.55. The quantitative estimate of drug-likeness (QED) is 0.787. The van der Waals surface area contributed by atoms with Crippen molar-refractivity contribution >= 4 is 22.5 Å². The molecule has 0 fully saturated rings. The maximum Gasteiger partial charge on any atom is 0.387 e. The average Bonchev–Trinajstić information content (AvgIpc) is 2.18. The number of nitrogens with zero attached hydrogens (tertiary/aromatic N) is 1. The number of halogens is 3. The van der Waals surface area contributed by atoms with Crippen LogP contribution in [0.4, 0.5) is 8.78 Å². The highest BCUT2D eigenvalue weighted by Crippen LogP contribution is 2.26. The fourth-order valence-corrected chi connectivity index (χ4v) is 1.48. The van der Waals surface area contributed by atoms with Crippen LogP contribution < -0.4 is 4.74 Å². The topological polar surface area (TPSA) is 22.1 Å². The number of hydrogen-bond acceptors (Lipinski definition) is 2. The van der Waals surface area contributed by atoms with Gasteiger partial charge in [0.25, 0.3) is 0 Å². The molecule has 0 atom stereocenters. The summed E-state index contributed by atoms with van der Waals surface area (Å²) in [6, 6.07) is 6.05. The maximum atomic E-state index is 12.0. The molecule has 0 bridgehead atoms. The zero-order valence-electron chi connectivity index (χ0n) is 7.45. The van der Waals surface area contributed by atoms with Crippen molar-refractivity contribution in [2.24, 2.45) is 0 Å². The molecule has 1 heterocycles. The first-order valence-corrected chi connectivity index (χ1v) is 4.54. The van der Waals surface area contributed by atoms with Crippen LogP contribution in [0, 0.1) is 0 Å². The summed E-state index contributed by atoms with van der Waals surface area (Å²) in [5.41, 5.74) is 0.643. The van der Waals surface area contributed by atoms with Crippen LogP contribution in [0.3, 0.4) is 0 Å². The van der Waals surface area contributed by atoms with Gasteiger partial charge in [-0.1, -0.05) is 11.6 Å². The summed E-state index contributed by atoms with van der Waals surface area (Å²) in [5.74, 6) is 0.0763. The summed E-state index contributed by atoms with van der Waals surface area (Å²) >= 11 is 5.88. The van der Waals surface area contributed by atoms with Gasteiger partial charge in [-0.15, -0.1) is 0 Å². The minimum absolute atomic E-state index is 0.0763. The predicted molar refractivity (Wildman–Crippen MR) is 53.4 cm³/mol. The molecule has 0 aliphatic rings. The predicted octanol–water partition coefficient (Wildman–Crippen LogP) is 3.49. The Morgan fingerprint density at radius 1 is 1.27 bits per heavy atom. The fraction of sp³-hybridized carbons (Fsp3) is 0.100. The van der Waals surface area contributed by atoms with Crippen molar-refractivity contribution in [3.63, 3.8) is 0 Å². The van der Waals surface area contributed by atoms with E-state index in [0.29, 0.717) is 15.9 Å². The Labute approximate surface area is 89.4 Å². The van der Waals surface area contributed by atoms with Gasteiger partial charge in [-0.3, -0.25) is 4.98 Å². The Bertz CT molecular complexity index is 490. The molecule has 0 saturated heterocycles. The Kier molecular flexibility index (Phi) is 2.68. The zero-order chi connectivity index (χ0) is 10.8. The van der Waals surface area contributed by atoms with E-state index < -0.39 is 6.61 Å². The Hall–Kier alpha value is -1.42. The summed E-state index contributed by atoms with van der Waals surface area (Å²) in [5, 5.41) is 1.05. The number of aromatic nitrogens is 1. The molecule has 1 aromatic heterocycles. The number of rotatable bonds is 2. The molecule has 0 amide bonds. The van der Waals surface area contributed by atoms with Crippen LogP contribution in [0.1, 0.15) is 0 Å². The van der Waals surface area contributed by atoms with E-state index in [9.17, 15) is 8.78 Å². The Morgan fingerprint density at radius 3 is 2.80 bits per heavy atom. The number of hydrogen-bond donors (Lipinski definition) is 0. The van der Waals surface area contributed by atoms with Crippen LogP contribution in [0.2, 0.25) is 5.02 Å². The molecule has 0 unspecified atom stereocenters. The fourth-order valence-electron chi connectivity index (χ4n) is 1.27. The third kappa shape index (κ3) is 2.15. The summed E-state index contributed by atoms with van der Waals surface area (Å²) in [4.78, 5) is 4.03. The minimum Gasteiger partial charge on any atom is -0.435 e. The second-order valence-corrected chi connectivity index (χ2v) is 3.26. The first kappa shape index (κ1) is 10.1. The van der Waals surface area contributed by atoms with Crippen LogP contribution >= 0.6 is 11.6 Å². The van der Waals surface area contributed by atoms with Crippen LogP contribution in [-0.2, 0) is 0 Å². The van der Waals surface area contributed by atoms with E-state index in [4.69, 9.17) is 11.6 Å². The Morgan fingerprint density at radius 2 is 2.07 bits per heavy atom. The average molecular weight is 230 g/mol. The second kappa shape index (κ2) is 3.98. The molecule has 2 nitrogen and oxygen atoms in total. The lowest BCUT2D eigenvalue weighted by Gasteiger charge is -2.05. The van der Waals surface area contributed by atoms with E-state index in [1.165, 1.54) is 12.1 Å². The van der Waals surface area contributed by atoms with Crippen LogP contribution in [0.25, 0.3) is 10.9 Å². The SMILES string of the molecule is FC(F)Oc1ccc2nccc(Cl)c2c1. The van der Waals surface area contributed by atoms with E-state index in [0.717, 1.165) is 0 Å². The summed E-state index contributed by atoms with van der Waals surface area (Å²) < 4.78 is 28.2. The number of pyridine rings is 1. The van der Waals surface area contributed by atoms with Crippen LogP contribution in [0.5, 0.6) is 5.75 Å². The summed E-state index contributed by atoms with van der Waals surface area (Å²) in [6.45, 7) is -2.84. The van der Waals surface area contributed by atoms with E-state index in [1.54, 1.807) is 18.3 Å².